The van der Waals surface area contributed by atoms with Crippen molar-refractivity contribution in [2.24, 2.45) is 0 Å². The molecule has 6 nitrogen and oxygen atoms in total. The standard InChI is InChI=1S/C14H20N2O4S/c1-3-16(7-9-20-4-2)21(18,19)14-10-13(6-5-8-17)11-15-12-14/h10-12,17H,3-4,7-9H2,1-2H3. The second-order valence-electron chi connectivity index (χ2n) is 4.06. The van der Waals surface area contributed by atoms with Gasteiger partial charge in [-0.25, -0.2) is 8.42 Å². The molecular formula is C14H20N2O4S. The maximum absolute atomic E-state index is 12.5. The molecule has 21 heavy (non-hydrogen) atoms. The van der Waals surface area contributed by atoms with Crippen molar-refractivity contribution in [2.45, 2.75) is 18.7 Å². The lowest BCUT2D eigenvalue weighted by Gasteiger charge is -2.20. The Hall–Kier alpha value is -1.46. The lowest BCUT2D eigenvalue weighted by molar-refractivity contribution is 0.135. The number of ether oxygens (including phenoxy) is 1. The summed E-state index contributed by atoms with van der Waals surface area (Å²) in [6.45, 7) is 4.88. The van der Waals surface area contributed by atoms with Gasteiger partial charge in [0.2, 0.25) is 10.0 Å². The number of hydrogen-bond donors (Lipinski definition) is 1. The SMILES string of the molecule is CCOCCN(CC)S(=O)(=O)c1cncc(C#CCO)c1. The van der Waals surface area contributed by atoms with Crippen molar-refractivity contribution in [1.82, 2.24) is 9.29 Å². The van der Waals surface area contributed by atoms with Gasteiger partial charge in [0.15, 0.2) is 0 Å². The Morgan fingerprint density at radius 1 is 1.38 bits per heavy atom. The number of pyridine rings is 1. The minimum absolute atomic E-state index is 0.0885. The van der Waals surface area contributed by atoms with Gasteiger partial charge in [-0.3, -0.25) is 4.98 Å². The van der Waals surface area contributed by atoms with Gasteiger partial charge in [0.25, 0.3) is 0 Å². The molecule has 0 spiro atoms. The van der Waals surface area contributed by atoms with Crippen LogP contribution < -0.4 is 0 Å². The molecule has 1 aromatic rings. The smallest absolute Gasteiger partial charge is 0.244 e. The van der Waals surface area contributed by atoms with Crippen molar-refractivity contribution in [3.8, 4) is 11.8 Å². The van der Waals surface area contributed by atoms with E-state index in [9.17, 15) is 8.42 Å². The second-order valence-corrected chi connectivity index (χ2v) is 6.00. The van der Waals surface area contributed by atoms with Crippen LogP contribution in [0, 0.1) is 11.8 Å². The summed E-state index contributed by atoms with van der Waals surface area (Å²) < 4.78 is 31.6. The van der Waals surface area contributed by atoms with E-state index in [0.29, 0.717) is 31.9 Å². The zero-order valence-corrected chi connectivity index (χ0v) is 13.1. The van der Waals surface area contributed by atoms with Crippen LogP contribution in [-0.4, -0.2) is 55.7 Å². The molecule has 1 heterocycles. The third-order valence-electron chi connectivity index (χ3n) is 2.70. The van der Waals surface area contributed by atoms with Gasteiger partial charge in [0, 0.05) is 37.7 Å². The van der Waals surface area contributed by atoms with Gasteiger partial charge in [0.05, 0.1) is 6.61 Å². The van der Waals surface area contributed by atoms with E-state index in [0.717, 1.165) is 0 Å². The monoisotopic (exact) mass is 312 g/mol. The molecule has 1 rings (SSSR count). The van der Waals surface area contributed by atoms with E-state index in [-0.39, 0.29) is 11.5 Å². The highest BCUT2D eigenvalue weighted by Crippen LogP contribution is 2.15. The molecule has 0 aliphatic rings. The van der Waals surface area contributed by atoms with Crippen molar-refractivity contribution in [2.75, 3.05) is 32.9 Å². The van der Waals surface area contributed by atoms with E-state index in [1.54, 1.807) is 6.92 Å². The lowest BCUT2D eigenvalue weighted by atomic mass is 10.3. The topological polar surface area (TPSA) is 79.7 Å². The minimum Gasteiger partial charge on any atom is -0.384 e. The first-order valence-corrected chi connectivity index (χ1v) is 8.12. The Bertz CT molecular complexity index is 605. The fourth-order valence-corrected chi connectivity index (χ4v) is 3.10. The highest BCUT2D eigenvalue weighted by molar-refractivity contribution is 7.89. The van der Waals surface area contributed by atoms with Crippen LogP contribution in [0.2, 0.25) is 0 Å². The molecule has 0 saturated heterocycles. The summed E-state index contributed by atoms with van der Waals surface area (Å²) in [7, 11) is -3.62. The quantitative estimate of drug-likeness (QED) is 0.585. The van der Waals surface area contributed by atoms with E-state index < -0.39 is 10.0 Å². The summed E-state index contributed by atoms with van der Waals surface area (Å²) in [5.41, 5.74) is 0.450. The largest absolute Gasteiger partial charge is 0.384 e. The molecule has 0 atom stereocenters. The Balaban J connectivity index is 2.99. The average molecular weight is 312 g/mol. The molecule has 1 aromatic heterocycles. The molecule has 1 N–H and O–H groups in total. The van der Waals surface area contributed by atoms with E-state index in [2.05, 4.69) is 16.8 Å². The lowest BCUT2D eigenvalue weighted by Crippen LogP contribution is -2.34. The first-order valence-electron chi connectivity index (χ1n) is 6.68. The molecular weight excluding hydrogens is 292 g/mol. The summed E-state index contributed by atoms with van der Waals surface area (Å²) in [4.78, 5) is 3.98. The van der Waals surface area contributed by atoms with Crippen LogP contribution in [0.15, 0.2) is 23.4 Å². The predicted molar refractivity (Wildman–Crippen MR) is 79.1 cm³/mol. The van der Waals surface area contributed by atoms with E-state index in [4.69, 9.17) is 9.84 Å². The van der Waals surface area contributed by atoms with E-state index >= 15 is 0 Å². The van der Waals surface area contributed by atoms with Crippen LogP contribution in [0.3, 0.4) is 0 Å². The van der Waals surface area contributed by atoms with Crippen LogP contribution in [0.1, 0.15) is 19.4 Å². The van der Waals surface area contributed by atoms with Gasteiger partial charge in [-0.2, -0.15) is 4.31 Å². The molecule has 0 fully saturated rings. The molecule has 0 saturated carbocycles. The fraction of sp³-hybridized carbons (Fsp3) is 0.500. The van der Waals surface area contributed by atoms with Crippen molar-refractivity contribution in [1.29, 1.82) is 0 Å². The van der Waals surface area contributed by atoms with Gasteiger partial charge in [-0.15, -0.1) is 0 Å². The molecule has 116 valence electrons. The van der Waals surface area contributed by atoms with Crippen molar-refractivity contribution in [3.05, 3.63) is 24.0 Å². The zero-order valence-electron chi connectivity index (χ0n) is 12.2. The van der Waals surface area contributed by atoms with Crippen molar-refractivity contribution in [3.63, 3.8) is 0 Å². The Labute approximate surface area is 125 Å². The van der Waals surface area contributed by atoms with Crippen LogP contribution in [0.25, 0.3) is 0 Å². The van der Waals surface area contributed by atoms with Crippen LogP contribution in [0.4, 0.5) is 0 Å². The number of aliphatic hydroxyl groups excluding tert-OH is 1. The predicted octanol–water partition coefficient (Wildman–Crippen LogP) is 0.472. The number of rotatable bonds is 7. The number of likely N-dealkylation sites (N-methyl/N-ethyl adjacent to an activating group) is 1. The summed E-state index contributed by atoms with van der Waals surface area (Å²) >= 11 is 0. The minimum atomic E-state index is -3.62. The van der Waals surface area contributed by atoms with Gasteiger partial charge in [-0.05, 0) is 13.0 Å². The number of sulfonamides is 1. The molecule has 0 amide bonds. The number of nitrogens with zero attached hydrogens (tertiary/aromatic N) is 2. The number of aromatic nitrogens is 1. The number of hydrogen-bond acceptors (Lipinski definition) is 5. The summed E-state index contributed by atoms with van der Waals surface area (Å²) in [6, 6.07) is 1.45. The average Bonchev–Trinajstić information content (AvgIpc) is 2.49. The summed E-state index contributed by atoms with van der Waals surface area (Å²) in [6.07, 6.45) is 2.75. The third-order valence-corrected chi connectivity index (χ3v) is 4.64. The molecule has 0 aliphatic heterocycles. The molecule has 0 radical (unpaired) electrons. The molecule has 0 aliphatic carbocycles. The molecule has 0 unspecified atom stereocenters. The first kappa shape index (κ1) is 17.6. The Kier molecular flexibility index (Phi) is 7.32. The maximum Gasteiger partial charge on any atom is 0.244 e. The summed E-state index contributed by atoms with van der Waals surface area (Å²) in [5, 5.41) is 8.67. The first-order chi connectivity index (χ1) is 10.1. The highest BCUT2D eigenvalue weighted by Gasteiger charge is 2.23. The van der Waals surface area contributed by atoms with Gasteiger partial charge < -0.3 is 9.84 Å². The van der Waals surface area contributed by atoms with Gasteiger partial charge >= 0.3 is 0 Å². The normalized spacial score (nSPS) is 11.2. The Morgan fingerprint density at radius 3 is 2.76 bits per heavy atom. The zero-order chi connectivity index (χ0) is 15.7. The van der Waals surface area contributed by atoms with Crippen LogP contribution in [-0.2, 0) is 14.8 Å². The molecule has 0 bridgehead atoms. The summed E-state index contributed by atoms with van der Waals surface area (Å²) in [5.74, 6) is 5.11. The van der Waals surface area contributed by atoms with Crippen LogP contribution in [0.5, 0.6) is 0 Å². The van der Waals surface area contributed by atoms with Gasteiger partial charge in [0.1, 0.15) is 11.5 Å². The van der Waals surface area contributed by atoms with Crippen molar-refractivity contribution < 1.29 is 18.3 Å². The molecule has 0 aromatic carbocycles. The molecule has 7 heteroatoms. The third kappa shape index (κ3) is 5.10. The van der Waals surface area contributed by atoms with Crippen LogP contribution >= 0.6 is 0 Å². The van der Waals surface area contributed by atoms with E-state index in [1.807, 2.05) is 6.92 Å². The fourth-order valence-electron chi connectivity index (χ4n) is 1.68. The second kappa shape index (κ2) is 8.74. The maximum atomic E-state index is 12.5. The van der Waals surface area contributed by atoms with Crippen molar-refractivity contribution >= 4 is 10.0 Å². The van der Waals surface area contributed by atoms with E-state index in [1.165, 1.54) is 22.8 Å². The highest BCUT2D eigenvalue weighted by atomic mass is 32.2. The van der Waals surface area contributed by atoms with Gasteiger partial charge in [-0.1, -0.05) is 18.8 Å². The Morgan fingerprint density at radius 2 is 2.14 bits per heavy atom. The number of aliphatic hydroxyl groups is 1.